The fourth-order valence-corrected chi connectivity index (χ4v) is 3.66. The molecule has 0 saturated carbocycles. The Labute approximate surface area is 242 Å². The normalized spacial score (nSPS) is 11.6. The van der Waals surface area contributed by atoms with Crippen molar-refractivity contribution in [3.63, 3.8) is 0 Å². The van der Waals surface area contributed by atoms with Crippen molar-refractivity contribution < 1.29 is 38.5 Å². The topological polar surface area (TPSA) is 170 Å². The summed E-state index contributed by atoms with van der Waals surface area (Å²) in [6.45, 7) is -0.333. The molecule has 0 aromatic heterocycles. The van der Waals surface area contributed by atoms with E-state index in [9.17, 15) is 24.3 Å². The molecule has 220 valence electrons. The number of rotatable bonds is 12. The van der Waals surface area contributed by atoms with Crippen LogP contribution in [0.4, 0.5) is 14.4 Å². The summed E-state index contributed by atoms with van der Waals surface area (Å²) >= 11 is 0. The fraction of sp³-hybridized carbons (Fsp3) is 0.233. The van der Waals surface area contributed by atoms with E-state index in [0.29, 0.717) is 16.0 Å². The van der Waals surface area contributed by atoms with Crippen LogP contribution in [0.1, 0.15) is 29.5 Å². The predicted molar refractivity (Wildman–Crippen MR) is 152 cm³/mol. The van der Waals surface area contributed by atoms with Gasteiger partial charge in [0.05, 0.1) is 0 Å². The highest BCUT2D eigenvalue weighted by molar-refractivity contribution is 5.94. The standard InChI is InChI=1S/C30H32N4O8/c31-27(33-28(37)40-19-22-11-4-1-5-12-22)32-18-10-17-25(26(35)36)34(29(38)41-20-23-13-6-2-7-14-23)30(39)42-21-24-15-8-3-9-16-24/h1-9,11-16,25H,10,17-21H2,(H,35,36)(H3,31,32,33,37)/t25-/m0/s1. The van der Waals surface area contributed by atoms with E-state index in [-0.39, 0.29) is 45.2 Å². The van der Waals surface area contributed by atoms with E-state index in [1.54, 1.807) is 72.8 Å². The molecule has 0 heterocycles. The average Bonchev–Trinajstić information content (AvgIpc) is 3.00. The zero-order chi connectivity index (χ0) is 30.2. The number of carboxylic acids is 1. The summed E-state index contributed by atoms with van der Waals surface area (Å²) in [4.78, 5) is 54.5. The maximum Gasteiger partial charge on any atom is 0.420 e. The Morgan fingerprint density at radius 3 is 1.60 bits per heavy atom. The first-order chi connectivity index (χ1) is 20.3. The van der Waals surface area contributed by atoms with Crippen molar-refractivity contribution in [3.05, 3.63) is 108 Å². The Morgan fingerprint density at radius 1 is 0.738 bits per heavy atom. The highest BCUT2D eigenvalue weighted by Gasteiger charge is 2.37. The van der Waals surface area contributed by atoms with Gasteiger partial charge in [-0.15, -0.1) is 0 Å². The van der Waals surface area contributed by atoms with Crippen LogP contribution >= 0.6 is 0 Å². The van der Waals surface area contributed by atoms with E-state index >= 15 is 0 Å². The van der Waals surface area contributed by atoms with Gasteiger partial charge in [-0.1, -0.05) is 91.0 Å². The number of aliphatic imine (C=N–C) groups is 1. The first-order valence-corrected chi connectivity index (χ1v) is 13.0. The smallest absolute Gasteiger partial charge is 0.420 e. The van der Waals surface area contributed by atoms with Gasteiger partial charge in [-0.05, 0) is 29.5 Å². The van der Waals surface area contributed by atoms with Gasteiger partial charge < -0.3 is 25.1 Å². The van der Waals surface area contributed by atoms with Gasteiger partial charge in [0.2, 0.25) is 0 Å². The Balaban J connectivity index is 1.59. The lowest BCUT2D eigenvalue weighted by molar-refractivity contribution is -0.142. The van der Waals surface area contributed by atoms with Crippen LogP contribution in [0.25, 0.3) is 0 Å². The molecule has 4 N–H and O–H groups in total. The van der Waals surface area contributed by atoms with Crippen molar-refractivity contribution in [2.75, 3.05) is 6.54 Å². The minimum Gasteiger partial charge on any atom is -0.480 e. The van der Waals surface area contributed by atoms with E-state index in [0.717, 1.165) is 5.56 Å². The second-order valence-corrected chi connectivity index (χ2v) is 8.90. The molecule has 1 atom stereocenters. The molecule has 42 heavy (non-hydrogen) atoms. The van der Waals surface area contributed by atoms with Gasteiger partial charge in [0, 0.05) is 6.54 Å². The number of carbonyl (C=O) groups is 4. The van der Waals surface area contributed by atoms with Gasteiger partial charge in [-0.2, -0.15) is 4.90 Å². The number of carboxylic acid groups (broad SMARTS) is 1. The lowest BCUT2D eigenvalue weighted by atomic mass is 10.1. The minimum atomic E-state index is -1.61. The number of nitrogens with one attached hydrogen (secondary N) is 1. The molecule has 12 heteroatoms. The van der Waals surface area contributed by atoms with Gasteiger partial charge >= 0.3 is 24.2 Å². The summed E-state index contributed by atoms with van der Waals surface area (Å²) in [7, 11) is 0. The monoisotopic (exact) mass is 576 g/mol. The average molecular weight is 577 g/mol. The van der Waals surface area contributed by atoms with Crippen molar-refractivity contribution >= 4 is 30.2 Å². The van der Waals surface area contributed by atoms with Crippen molar-refractivity contribution in [1.82, 2.24) is 10.2 Å². The third-order valence-electron chi connectivity index (χ3n) is 5.76. The van der Waals surface area contributed by atoms with E-state index in [1.807, 2.05) is 18.2 Å². The fourth-order valence-electron chi connectivity index (χ4n) is 3.66. The molecule has 0 aliphatic carbocycles. The Hall–Kier alpha value is -5.39. The maximum absolute atomic E-state index is 13.0. The number of nitrogens with two attached hydrogens (primary N) is 1. The minimum absolute atomic E-state index is 0.0133. The van der Waals surface area contributed by atoms with Crippen molar-refractivity contribution in [3.8, 4) is 0 Å². The first kappa shape index (κ1) is 31.1. The number of alkyl carbamates (subject to hydrolysis) is 1. The summed E-state index contributed by atoms with van der Waals surface area (Å²) in [5.41, 5.74) is 7.81. The number of benzene rings is 3. The second-order valence-electron chi connectivity index (χ2n) is 8.90. The second kappa shape index (κ2) is 16.7. The molecule has 0 unspecified atom stereocenters. The van der Waals surface area contributed by atoms with Gasteiger partial charge in [0.15, 0.2) is 5.96 Å². The molecular weight excluding hydrogens is 544 g/mol. The van der Waals surface area contributed by atoms with Crippen molar-refractivity contribution in [1.29, 1.82) is 0 Å². The third-order valence-corrected chi connectivity index (χ3v) is 5.76. The highest BCUT2D eigenvalue weighted by Crippen LogP contribution is 2.15. The van der Waals surface area contributed by atoms with Crippen molar-refractivity contribution in [2.24, 2.45) is 10.7 Å². The molecule has 0 saturated heterocycles. The summed E-state index contributed by atoms with van der Waals surface area (Å²) in [5, 5.41) is 12.2. The number of carbonyl (C=O) groups excluding carboxylic acids is 3. The molecule has 0 aliphatic heterocycles. The van der Waals surface area contributed by atoms with Gasteiger partial charge in [0.25, 0.3) is 0 Å². The first-order valence-electron chi connectivity index (χ1n) is 13.0. The number of guanidine groups is 1. The number of hydrogen-bond donors (Lipinski definition) is 3. The van der Waals surface area contributed by atoms with E-state index < -0.39 is 30.3 Å². The van der Waals surface area contributed by atoms with Crippen LogP contribution in [0.3, 0.4) is 0 Å². The van der Waals surface area contributed by atoms with Crippen LogP contribution in [0, 0.1) is 0 Å². The molecule has 0 aliphatic rings. The van der Waals surface area contributed by atoms with Crippen LogP contribution in [-0.4, -0.2) is 52.8 Å². The number of amides is 3. The Morgan fingerprint density at radius 2 is 1.17 bits per heavy atom. The zero-order valence-electron chi connectivity index (χ0n) is 22.8. The maximum atomic E-state index is 13.0. The third kappa shape index (κ3) is 10.6. The van der Waals surface area contributed by atoms with Crippen LogP contribution < -0.4 is 11.1 Å². The summed E-state index contributed by atoms with van der Waals surface area (Å²) in [6, 6.07) is 24.9. The predicted octanol–water partition coefficient (Wildman–Crippen LogP) is 4.44. The molecule has 0 spiro atoms. The zero-order valence-corrected chi connectivity index (χ0v) is 22.8. The summed E-state index contributed by atoms with van der Waals surface area (Å²) < 4.78 is 15.6. The van der Waals surface area contributed by atoms with E-state index in [1.165, 1.54) is 0 Å². The molecule has 3 aromatic carbocycles. The van der Waals surface area contributed by atoms with E-state index in [2.05, 4.69) is 10.3 Å². The number of aliphatic carboxylic acids is 1. The highest BCUT2D eigenvalue weighted by atomic mass is 16.6. The molecule has 3 amide bonds. The quantitative estimate of drug-likeness (QED) is 0.122. The molecule has 3 rings (SSSR count). The lowest BCUT2D eigenvalue weighted by Gasteiger charge is -2.26. The molecule has 0 bridgehead atoms. The molecule has 12 nitrogen and oxygen atoms in total. The number of hydrogen-bond acceptors (Lipinski definition) is 8. The van der Waals surface area contributed by atoms with Gasteiger partial charge in [-0.25, -0.2) is 19.2 Å². The van der Waals surface area contributed by atoms with Crippen LogP contribution in [0.2, 0.25) is 0 Å². The molecule has 3 aromatic rings. The van der Waals surface area contributed by atoms with Gasteiger partial charge in [-0.3, -0.25) is 10.3 Å². The van der Waals surface area contributed by atoms with Gasteiger partial charge in [0.1, 0.15) is 25.9 Å². The summed E-state index contributed by atoms with van der Waals surface area (Å²) in [6.07, 6.45) is -3.25. The largest absolute Gasteiger partial charge is 0.480 e. The Bertz CT molecular complexity index is 1280. The SMILES string of the molecule is NC(=NCCC[C@@H](C(=O)O)N(C(=O)OCc1ccccc1)C(=O)OCc1ccccc1)NC(=O)OCc1ccccc1. The van der Waals surface area contributed by atoms with E-state index in [4.69, 9.17) is 19.9 Å². The van der Waals surface area contributed by atoms with Crippen molar-refractivity contribution in [2.45, 2.75) is 38.7 Å². The molecular formula is C30H32N4O8. The van der Waals surface area contributed by atoms with Crippen LogP contribution in [0.15, 0.2) is 96.0 Å². The number of nitrogens with zero attached hydrogens (tertiary/aromatic N) is 2. The molecule has 0 radical (unpaired) electrons. The summed E-state index contributed by atoms with van der Waals surface area (Å²) in [5.74, 6) is -1.68. The van der Waals surface area contributed by atoms with Crippen LogP contribution in [-0.2, 0) is 38.8 Å². The lowest BCUT2D eigenvalue weighted by Crippen LogP contribution is -2.49. The van der Waals surface area contributed by atoms with Crippen LogP contribution in [0.5, 0.6) is 0 Å². The number of imide groups is 1. The number of ether oxygens (including phenoxy) is 3. The molecule has 0 fully saturated rings. The Kier molecular flexibility index (Phi) is 12.3.